The highest BCUT2D eigenvalue weighted by Crippen LogP contribution is 2.17. The maximum atomic E-state index is 12.3. The number of nitrogens with one attached hydrogen (secondary N) is 1. The lowest BCUT2D eigenvalue weighted by molar-refractivity contribution is -0.121. The van der Waals surface area contributed by atoms with Crippen LogP contribution in [0.5, 0.6) is 0 Å². The molecule has 4 nitrogen and oxygen atoms in total. The van der Waals surface area contributed by atoms with Gasteiger partial charge in [-0.25, -0.2) is 8.42 Å². The molecule has 2 rings (SSSR count). The molecule has 24 heavy (non-hydrogen) atoms. The van der Waals surface area contributed by atoms with E-state index < -0.39 is 9.84 Å². The molecule has 0 aliphatic carbocycles. The number of aryl methyl sites for hydroxylation is 1. The van der Waals surface area contributed by atoms with Crippen LogP contribution in [0.15, 0.2) is 57.9 Å². The van der Waals surface area contributed by atoms with Crippen LogP contribution in [0.2, 0.25) is 0 Å². The number of sulfone groups is 1. The number of amides is 1. The first-order valence-corrected chi connectivity index (χ1v) is 10.1. The van der Waals surface area contributed by atoms with Crippen LogP contribution in [-0.2, 0) is 14.6 Å². The number of hydrogen-bond donors (Lipinski definition) is 1. The third-order valence-corrected chi connectivity index (χ3v) is 5.99. The lowest BCUT2D eigenvalue weighted by Gasteiger charge is -2.14. The van der Waals surface area contributed by atoms with Gasteiger partial charge < -0.3 is 5.32 Å². The zero-order chi connectivity index (χ0) is 17.7. The molecule has 0 fully saturated rings. The molecule has 0 aliphatic rings. The summed E-state index contributed by atoms with van der Waals surface area (Å²) >= 11 is 3.36. The highest BCUT2D eigenvalue weighted by atomic mass is 79.9. The molecule has 0 bridgehead atoms. The van der Waals surface area contributed by atoms with Gasteiger partial charge in [-0.1, -0.05) is 45.8 Å². The molecular formula is C18H20BrNO3S. The summed E-state index contributed by atoms with van der Waals surface area (Å²) in [5, 5.41) is 2.83. The molecule has 0 heterocycles. The second-order valence-electron chi connectivity index (χ2n) is 5.72. The van der Waals surface area contributed by atoms with Gasteiger partial charge in [0, 0.05) is 10.9 Å². The van der Waals surface area contributed by atoms with Crippen LogP contribution in [0.1, 0.15) is 30.5 Å². The molecule has 0 saturated carbocycles. The number of rotatable bonds is 6. The zero-order valence-corrected chi connectivity index (χ0v) is 16.0. The van der Waals surface area contributed by atoms with E-state index in [4.69, 9.17) is 0 Å². The molecule has 0 saturated heterocycles. The van der Waals surface area contributed by atoms with Crippen molar-refractivity contribution in [2.75, 3.05) is 5.75 Å². The summed E-state index contributed by atoms with van der Waals surface area (Å²) in [5.74, 6) is -0.476. The predicted octanol–water partition coefficient (Wildman–Crippen LogP) is 3.80. The average Bonchev–Trinajstić information content (AvgIpc) is 2.54. The Morgan fingerprint density at radius 1 is 1.08 bits per heavy atom. The van der Waals surface area contributed by atoms with E-state index in [1.165, 1.54) is 0 Å². The second-order valence-corrected chi connectivity index (χ2v) is 8.75. The lowest BCUT2D eigenvalue weighted by atomic mass is 10.1. The van der Waals surface area contributed by atoms with E-state index in [1.807, 2.05) is 38.1 Å². The van der Waals surface area contributed by atoms with Gasteiger partial charge in [-0.15, -0.1) is 0 Å². The van der Waals surface area contributed by atoms with Crippen LogP contribution >= 0.6 is 15.9 Å². The van der Waals surface area contributed by atoms with Gasteiger partial charge in [0.2, 0.25) is 5.91 Å². The Kier molecular flexibility index (Phi) is 6.18. The molecule has 1 N–H and O–H groups in total. The van der Waals surface area contributed by atoms with Crippen molar-refractivity contribution in [2.24, 2.45) is 0 Å². The van der Waals surface area contributed by atoms with Gasteiger partial charge in [0.25, 0.3) is 0 Å². The lowest BCUT2D eigenvalue weighted by Crippen LogP contribution is -2.28. The zero-order valence-electron chi connectivity index (χ0n) is 13.6. The third kappa shape index (κ3) is 5.18. The average molecular weight is 410 g/mol. The quantitative estimate of drug-likeness (QED) is 0.788. The third-order valence-electron chi connectivity index (χ3n) is 3.73. The number of carbonyl (C=O) groups excluding carboxylic acids is 1. The fourth-order valence-electron chi connectivity index (χ4n) is 2.24. The van der Waals surface area contributed by atoms with Crippen molar-refractivity contribution in [3.05, 3.63) is 64.1 Å². The van der Waals surface area contributed by atoms with Crippen LogP contribution in [0.25, 0.3) is 0 Å². The Bertz CT molecular complexity index is 799. The van der Waals surface area contributed by atoms with E-state index in [-0.39, 0.29) is 29.0 Å². The monoisotopic (exact) mass is 409 g/mol. The Morgan fingerprint density at radius 2 is 1.67 bits per heavy atom. The molecule has 2 aromatic rings. The van der Waals surface area contributed by atoms with E-state index in [1.54, 1.807) is 24.3 Å². The minimum absolute atomic E-state index is 0.0585. The first-order valence-electron chi connectivity index (χ1n) is 7.62. The van der Waals surface area contributed by atoms with Crippen molar-refractivity contribution < 1.29 is 13.2 Å². The van der Waals surface area contributed by atoms with Gasteiger partial charge in [-0.05, 0) is 43.7 Å². The van der Waals surface area contributed by atoms with Crippen molar-refractivity contribution in [1.29, 1.82) is 0 Å². The molecule has 1 amide bonds. The predicted molar refractivity (Wildman–Crippen MR) is 98.5 cm³/mol. The molecule has 6 heteroatoms. The largest absolute Gasteiger partial charge is 0.350 e. The van der Waals surface area contributed by atoms with E-state index in [9.17, 15) is 13.2 Å². The number of hydrogen-bond acceptors (Lipinski definition) is 3. The Labute approximate surface area is 151 Å². The normalized spacial score (nSPS) is 12.6. The SMILES string of the molecule is Cc1ccc(S(=O)(=O)CCC(=O)N[C@H](C)c2ccc(Br)cc2)cc1. The summed E-state index contributed by atoms with van der Waals surface area (Å²) in [5.41, 5.74) is 1.96. The fraction of sp³-hybridized carbons (Fsp3) is 0.278. The van der Waals surface area contributed by atoms with Crippen molar-refractivity contribution in [1.82, 2.24) is 5.32 Å². The molecule has 2 aromatic carbocycles. The smallest absolute Gasteiger partial charge is 0.221 e. The van der Waals surface area contributed by atoms with E-state index in [0.717, 1.165) is 15.6 Å². The first kappa shape index (κ1) is 18.7. The summed E-state index contributed by atoms with van der Waals surface area (Å²) in [6, 6.07) is 14.1. The summed E-state index contributed by atoms with van der Waals surface area (Å²) in [4.78, 5) is 12.3. The van der Waals surface area contributed by atoms with Crippen LogP contribution < -0.4 is 5.32 Å². The summed E-state index contributed by atoms with van der Waals surface area (Å²) in [7, 11) is -3.45. The van der Waals surface area contributed by atoms with Crippen molar-refractivity contribution in [2.45, 2.75) is 31.2 Å². The molecule has 0 aromatic heterocycles. The van der Waals surface area contributed by atoms with Crippen molar-refractivity contribution in [3.8, 4) is 0 Å². The fourth-order valence-corrected chi connectivity index (χ4v) is 3.74. The molecule has 0 aliphatic heterocycles. The van der Waals surface area contributed by atoms with Crippen molar-refractivity contribution in [3.63, 3.8) is 0 Å². The van der Waals surface area contributed by atoms with Gasteiger partial charge in [0.1, 0.15) is 0 Å². The molecule has 0 radical (unpaired) electrons. The van der Waals surface area contributed by atoms with Crippen LogP contribution in [-0.4, -0.2) is 20.1 Å². The van der Waals surface area contributed by atoms with Crippen LogP contribution in [0, 0.1) is 6.92 Å². The highest BCUT2D eigenvalue weighted by molar-refractivity contribution is 9.10. The van der Waals surface area contributed by atoms with Gasteiger partial charge in [0.15, 0.2) is 9.84 Å². The number of benzene rings is 2. The molecule has 128 valence electrons. The standard InChI is InChI=1S/C18H20BrNO3S/c1-13-3-9-17(10-4-13)24(22,23)12-11-18(21)20-14(2)15-5-7-16(19)8-6-15/h3-10,14H,11-12H2,1-2H3,(H,20,21)/t14-/m1/s1. The van der Waals surface area contributed by atoms with E-state index in [0.29, 0.717) is 0 Å². The minimum atomic E-state index is -3.45. The Hall–Kier alpha value is -1.66. The molecular weight excluding hydrogens is 390 g/mol. The number of halogens is 1. The maximum absolute atomic E-state index is 12.3. The molecule has 1 atom stereocenters. The van der Waals surface area contributed by atoms with Crippen molar-refractivity contribution >= 4 is 31.7 Å². The second kappa shape index (κ2) is 7.94. The maximum Gasteiger partial charge on any atom is 0.221 e. The molecule has 0 spiro atoms. The van der Waals surface area contributed by atoms with Gasteiger partial charge in [0.05, 0.1) is 16.7 Å². The topological polar surface area (TPSA) is 63.2 Å². The first-order chi connectivity index (χ1) is 11.3. The number of carbonyl (C=O) groups is 1. The van der Waals surface area contributed by atoms with Crippen LogP contribution in [0.3, 0.4) is 0 Å². The van der Waals surface area contributed by atoms with E-state index in [2.05, 4.69) is 21.2 Å². The molecule has 0 unspecified atom stereocenters. The van der Waals surface area contributed by atoms with E-state index >= 15 is 0 Å². The van der Waals surface area contributed by atoms with Crippen LogP contribution in [0.4, 0.5) is 0 Å². The Morgan fingerprint density at radius 3 is 2.25 bits per heavy atom. The van der Waals surface area contributed by atoms with Gasteiger partial charge in [-0.2, -0.15) is 0 Å². The highest BCUT2D eigenvalue weighted by Gasteiger charge is 2.17. The minimum Gasteiger partial charge on any atom is -0.350 e. The summed E-state index contributed by atoms with van der Waals surface area (Å²) in [6.45, 7) is 3.77. The Balaban J connectivity index is 1.92. The summed E-state index contributed by atoms with van der Waals surface area (Å²) in [6.07, 6.45) is -0.0585. The summed E-state index contributed by atoms with van der Waals surface area (Å²) < 4.78 is 25.5. The van der Waals surface area contributed by atoms with Gasteiger partial charge in [-0.3, -0.25) is 4.79 Å². The van der Waals surface area contributed by atoms with Gasteiger partial charge >= 0.3 is 0 Å².